The molecular weight excluding hydrogens is 414 g/mol. The van der Waals surface area contributed by atoms with Crippen LogP contribution in [0.3, 0.4) is 0 Å². The monoisotopic (exact) mass is 433 g/mol. The van der Waals surface area contributed by atoms with Gasteiger partial charge in [-0.25, -0.2) is 8.42 Å². The molecule has 0 unspecified atom stereocenters. The highest BCUT2D eigenvalue weighted by Gasteiger charge is 2.33. The standard InChI is InChI=1S/C15H20BrN3O5S/c1-10(2)14(15(20)18-5-3-4-6-18)17-25(23,24)13-8-11(16)7-12(9-13)19(21)22/h7-10,14,17H,3-6H2,1-2H3/t14-/m0/s1. The number of non-ortho nitro benzene ring substituents is 1. The van der Waals surface area contributed by atoms with Crippen molar-refractivity contribution in [1.82, 2.24) is 9.62 Å². The van der Waals surface area contributed by atoms with E-state index in [-0.39, 0.29) is 26.9 Å². The third-order valence-corrected chi connectivity index (χ3v) is 5.89. The van der Waals surface area contributed by atoms with Crippen LogP contribution in [0.5, 0.6) is 0 Å². The second-order valence-electron chi connectivity index (χ2n) is 6.28. The topological polar surface area (TPSA) is 110 Å². The molecule has 8 nitrogen and oxygen atoms in total. The van der Waals surface area contributed by atoms with Gasteiger partial charge in [-0.15, -0.1) is 0 Å². The molecule has 1 amide bonds. The fraction of sp³-hybridized carbons (Fsp3) is 0.533. The molecular formula is C15H20BrN3O5S. The summed E-state index contributed by atoms with van der Waals surface area (Å²) >= 11 is 3.08. The summed E-state index contributed by atoms with van der Waals surface area (Å²) in [6.07, 6.45) is 1.81. The first kappa shape index (κ1) is 19.8. The summed E-state index contributed by atoms with van der Waals surface area (Å²) in [6.45, 7) is 4.74. The van der Waals surface area contributed by atoms with Gasteiger partial charge in [0.05, 0.1) is 9.82 Å². The maximum atomic E-state index is 12.7. The van der Waals surface area contributed by atoms with Gasteiger partial charge in [-0.3, -0.25) is 14.9 Å². The first-order valence-corrected chi connectivity index (χ1v) is 10.2. The lowest BCUT2D eigenvalue weighted by atomic mass is 10.0. The molecule has 0 bridgehead atoms. The Morgan fingerprint density at radius 1 is 1.28 bits per heavy atom. The number of nitro groups is 1. The highest BCUT2D eigenvalue weighted by molar-refractivity contribution is 9.10. The normalized spacial score (nSPS) is 16.2. The van der Waals surface area contributed by atoms with Gasteiger partial charge >= 0.3 is 0 Å². The van der Waals surface area contributed by atoms with Crippen molar-refractivity contribution in [2.75, 3.05) is 13.1 Å². The fourth-order valence-electron chi connectivity index (χ4n) is 2.65. The SMILES string of the molecule is CC(C)[C@H](NS(=O)(=O)c1cc(Br)cc([N+](=O)[O-])c1)C(=O)N1CCCC1. The van der Waals surface area contributed by atoms with Crippen LogP contribution >= 0.6 is 15.9 Å². The average molecular weight is 434 g/mol. The van der Waals surface area contributed by atoms with E-state index in [2.05, 4.69) is 20.7 Å². The van der Waals surface area contributed by atoms with Gasteiger partial charge in [-0.1, -0.05) is 29.8 Å². The number of likely N-dealkylation sites (tertiary alicyclic amines) is 1. The number of carbonyl (C=O) groups excluding carboxylic acids is 1. The number of sulfonamides is 1. The summed E-state index contributed by atoms with van der Waals surface area (Å²) in [5.41, 5.74) is -0.346. The zero-order valence-electron chi connectivity index (χ0n) is 13.9. The lowest BCUT2D eigenvalue weighted by Gasteiger charge is -2.26. The lowest BCUT2D eigenvalue weighted by molar-refractivity contribution is -0.385. The molecule has 138 valence electrons. The minimum Gasteiger partial charge on any atom is -0.341 e. The van der Waals surface area contributed by atoms with Gasteiger partial charge in [0.1, 0.15) is 6.04 Å². The van der Waals surface area contributed by atoms with Crippen molar-refractivity contribution in [2.24, 2.45) is 5.92 Å². The molecule has 0 saturated carbocycles. The van der Waals surface area contributed by atoms with Crippen molar-refractivity contribution in [3.8, 4) is 0 Å². The molecule has 0 radical (unpaired) electrons. The second kappa shape index (κ2) is 7.79. The molecule has 2 rings (SSSR count). The molecule has 1 aromatic carbocycles. The smallest absolute Gasteiger partial charge is 0.271 e. The minimum atomic E-state index is -4.09. The van der Waals surface area contributed by atoms with E-state index in [1.54, 1.807) is 18.7 Å². The van der Waals surface area contributed by atoms with Crippen LogP contribution in [0.15, 0.2) is 27.6 Å². The van der Waals surface area contributed by atoms with E-state index in [0.29, 0.717) is 13.1 Å². The average Bonchev–Trinajstić information content (AvgIpc) is 3.05. The molecule has 1 N–H and O–H groups in total. The second-order valence-corrected chi connectivity index (χ2v) is 8.91. The van der Waals surface area contributed by atoms with Gasteiger partial charge < -0.3 is 4.90 Å². The number of nitrogens with zero attached hydrogens (tertiary/aromatic N) is 2. The van der Waals surface area contributed by atoms with E-state index < -0.39 is 21.0 Å². The van der Waals surface area contributed by atoms with Crippen LogP contribution in [0.2, 0.25) is 0 Å². The van der Waals surface area contributed by atoms with Crippen molar-refractivity contribution < 1.29 is 18.1 Å². The quantitative estimate of drug-likeness (QED) is 0.546. The molecule has 1 aliphatic rings. The van der Waals surface area contributed by atoms with E-state index in [9.17, 15) is 23.3 Å². The summed E-state index contributed by atoms with van der Waals surface area (Å²) in [6, 6.07) is 2.55. The lowest BCUT2D eigenvalue weighted by Crippen LogP contribution is -2.50. The summed E-state index contributed by atoms with van der Waals surface area (Å²) in [5, 5.41) is 11.0. The zero-order chi connectivity index (χ0) is 18.8. The van der Waals surface area contributed by atoms with Gasteiger partial charge in [0.25, 0.3) is 5.69 Å². The number of halogens is 1. The summed E-state index contributed by atoms with van der Waals surface area (Å²) in [7, 11) is -4.09. The molecule has 0 spiro atoms. The predicted molar refractivity (Wildman–Crippen MR) is 95.6 cm³/mol. The van der Waals surface area contributed by atoms with Crippen LogP contribution in [-0.2, 0) is 14.8 Å². The fourth-order valence-corrected chi connectivity index (χ4v) is 4.68. The van der Waals surface area contributed by atoms with Gasteiger partial charge in [0.2, 0.25) is 15.9 Å². The Bertz CT molecular complexity index is 775. The predicted octanol–water partition coefficient (Wildman–Crippen LogP) is 2.28. The molecule has 10 heteroatoms. The van der Waals surface area contributed by atoms with Crippen molar-refractivity contribution in [2.45, 2.75) is 37.6 Å². The Kier molecular flexibility index (Phi) is 6.17. The van der Waals surface area contributed by atoms with Crippen LogP contribution in [0.25, 0.3) is 0 Å². The van der Waals surface area contributed by atoms with Crippen molar-refractivity contribution in [3.05, 3.63) is 32.8 Å². The Balaban J connectivity index is 2.31. The zero-order valence-corrected chi connectivity index (χ0v) is 16.3. The molecule has 1 saturated heterocycles. The van der Waals surface area contributed by atoms with E-state index in [4.69, 9.17) is 0 Å². The number of carbonyl (C=O) groups is 1. The van der Waals surface area contributed by atoms with Crippen LogP contribution in [0.4, 0.5) is 5.69 Å². The maximum absolute atomic E-state index is 12.7. The molecule has 1 heterocycles. The molecule has 1 aliphatic heterocycles. The number of nitrogens with one attached hydrogen (secondary N) is 1. The van der Waals surface area contributed by atoms with Crippen LogP contribution in [-0.4, -0.2) is 43.3 Å². The van der Waals surface area contributed by atoms with E-state index in [1.165, 1.54) is 12.1 Å². The Labute approximate surface area is 154 Å². The summed E-state index contributed by atoms with van der Waals surface area (Å²) in [5.74, 6) is -0.523. The number of rotatable bonds is 6. The highest BCUT2D eigenvalue weighted by Crippen LogP contribution is 2.25. The summed E-state index contributed by atoms with van der Waals surface area (Å²) in [4.78, 5) is 24.3. The Hall–Kier alpha value is -1.52. The van der Waals surface area contributed by atoms with E-state index in [1.807, 2.05) is 0 Å². The molecule has 25 heavy (non-hydrogen) atoms. The van der Waals surface area contributed by atoms with Gasteiger partial charge in [-0.2, -0.15) is 4.72 Å². The third kappa shape index (κ3) is 4.77. The molecule has 1 aromatic rings. The highest BCUT2D eigenvalue weighted by atomic mass is 79.9. The molecule has 0 aromatic heterocycles. The van der Waals surface area contributed by atoms with Gasteiger partial charge in [0.15, 0.2) is 0 Å². The van der Waals surface area contributed by atoms with Crippen molar-refractivity contribution in [3.63, 3.8) is 0 Å². The third-order valence-electron chi connectivity index (χ3n) is 4.01. The van der Waals surface area contributed by atoms with Crippen LogP contribution in [0, 0.1) is 16.0 Å². The van der Waals surface area contributed by atoms with E-state index >= 15 is 0 Å². The van der Waals surface area contributed by atoms with Gasteiger partial charge in [-0.05, 0) is 24.8 Å². The van der Waals surface area contributed by atoms with E-state index in [0.717, 1.165) is 18.9 Å². The number of amides is 1. The minimum absolute atomic E-state index is 0.256. The molecule has 0 aliphatic carbocycles. The summed E-state index contributed by atoms with van der Waals surface area (Å²) < 4.78 is 28.0. The maximum Gasteiger partial charge on any atom is 0.271 e. The van der Waals surface area contributed by atoms with Crippen LogP contribution < -0.4 is 4.72 Å². The number of hydrogen-bond acceptors (Lipinski definition) is 5. The van der Waals surface area contributed by atoms with Crippen LogP contribution in [0.1, 0.15) is 26.7 Å². The largest absolute Gasteiger partial charge is 0.341 e. The molecule has 1 atom stereocenters. The number of benzene rings is 1. The first-order chi connectivity index (χ1) is 11.6. The Morgan fingerprint density at radius 2 is 1.88 bits per heavy atom. The van der Waals surface area contributed by atoms with Gasteiger partial charge in [0, 0.05) is 29.7 Å². The van der Waals surface area contributed by atoms with Crippen molar-refractivity contribution in [1.29, 1.82) is 0 Å². The molecule has 1 fully saturated rings. The first-order valence-electron chi connectivity index (χ1n) is 7.88. The van der Waals surface area contributed by atoms with Crippen molar-refractivity contribution >= 4 is 37.5 Å². The Morgan fingerprint density at radius 3 is 2.40 bits per heavy atom. The number of hydrogen-bond donors (Lipinski definition) is 1. The number of nitro benzene ring substituents is 1.